The number of ether oxygens (including phenoxy) is 1. The Bertz CT molecular complexity index is 471. The van der Waals surface area contributed by atoms with E-state index in [4.69, 9.17) is 4.74 Å². The highest BCUT2D eigenvalue weighted by molar-refractivity contribution is 7.80. The van der Waals surface area contributed by atoms with Crippen LogP contribution in [-0.4, -0.2) is 37.6 Å². The summed E-state index contributed by atoms with van der Waals surface area (Å²) in [6, 6.07) is 7.40. The Morgan fingerprint density at radius 1 is 1.44 bits per heavy atom. The van der Waals surface area contributed by atoms with Crippen LogP contribution < -0.4 is 0 Å². The molecular formula is C14H17NO2S. The van der Waals surface area contributed by atoms with Gasteiger partial charge in [0.25, 0.3) is 5.91 Å². The van der Waals surface area contributed by atoms with Crippen LogP contribution in [0.3, 0.4) is 0 Å². The fraction of sp³-hybridized carbons (Fsp3) is 0.357. The zero-order valence-electron chi connectivity index (χ0n) is 10.4. The van der Waals surface area contributed by atoms with Crippen LogP contribution in [0.5, 0.6) is 0 Å². The summed E-state index contributed by atoms with van der Waals surface area (Å²) in [7, 11) is 1.69. The standard InChI is InChI=1S/C14H17NO2S/c1-17-10-11-6-8-15(9-7-11)14(16)12-4-2-3-5-13(12)18/h2-6,18H,7-10H2,1H3. The molecule has 1 aliphatic rings. The molecule has 1 amide bonds. The van der Waals surface area contributed by atoms with Gasteiger partial charge in [-0.1, -0.05) is 18.2 Å². The minimum absolute atomic E-state index is 0.0494. The number of benzene rings is 1. The van der Waals surface area contributed by atoms with Gasteiger partial charge in [-0.05, 0) is 24.1 Å². The van der Waals surface area contributed by atoms with E-state index in [0.29, 0.717) is 18.7 Å². The number of amides is 1. The molecule has 18 heavy (non-hydrogen) atoms. The molecule has 0 N–H and O–H groups in total. The highest BCUT2D eigenvalue weighted by atomic mass is 32.1. The van der Waals surface area contributed by atoms with E-state index in [9.17, 15) is 4.79 Å². The van der Waals surface area contributed by atoms with Crippen LogP contribution in [-0.2, 0) is 4.74 Å². The molecule has 0 aromatic heterocycles. The van der Waals surface area contributed by atoms with Crippen molar-refractivity contribution < 1.29 is 9.53 Å². The molecule has 0 radical (unpaired) electrons. The monoisotopic (exact) mass is 263 g/mol. The number of rotatable bonds is 3. The summed E-state index contributed by atoms with van der Waals surface area (Å²) in [6.45, 7) is 2.06. The largest absolute Gasteiger partial charge is 0.380 e. The van der Waals surface area contributed by atoms with Gasteiger partial charge in [-0.15, -0.1) is 12.6 Å². The zero-order valence-corrected chi connectivity index (χ0v) is 11.3. The molecule has 0 atom stereocenters. The smallest absolute Gasteiger partial charge is 0.255 e. The molecule has 0 saturated heterocycles. The van der Waals surface area contributed by atoms with Gasteiger partial charge in [-0.25, -0.2) is 0 Å². The molecule has 1 aromatic rings. The van der Waals surface area contributed by atoms with Gasteiger partial charge in [0.2, 0.25) is 0 Å². The lowest BCUT2D eigenvalue weighted by Crippen LogP contribution is -2.35. The maximum Gasteiger partial charge on any atom is 0.255 e. The summed E-state index contributed by atoms with van der Waals surface area (Å²) in [5.74, 6) is 0.0494. The second kappa shape index (κ2) is 6.07. The SMILES string of the molecule is COCC1=CCN(C(=O)c2ccccc2S)CC1. The Labute approximate surface area is 113 Å². The molecule has 0 spiro atoms. The van der Waals surface area contributed by atoms with Gasteiger partial charge in [0.1, 0.15) is 0 Å². The summed E-state index contributed by atoms with van der Waals surface area (Å²) in [5, 5.41) is 0. The first-order valence-electron chi connectivity index (χ1n) is 5.96. The maximum absolute atomic E-state index is 12.3. The van der Waals surface area contributed by atoms with Crippen LogP contribution in [0.4, 0.5) is 0 Å². The number of methoxy groups -OCH3 is 1. The Balaban J connectivity index is 2.06. The van der Waals surface area contributed by atoms with Gasteiger partial charge in [0.05, 0.1) is 12.2 Å². The van der Waals surface area contributed by atoms with Crippen LogP contribution >= 0.6 is 12.6 Å². The quantitative estimate of drug-likeness (QED) is 0.670. The molecule has 0 saturated carbocycles. The number of carbonyl (C=O) groups excluding carboxylic acids is 1. The molecular weight excluding hydrogens is 246 g/mol. The van der Waals surface area contributed by atoms with E-state index in [1.54, 1.807) is 7.11 Å². The molecule has 4 heteroatoms. The molecule has 1 aliphatic heterocycles. The van der Waals surface area contributed by atoms with E-state index in [0.717, 1.165) is 17.9 Å². The van der Waals surface area contributed by atoms with Crippen molar-refractivity contribution in [2.24, 2.45) is 0 Å². The fourth-order valence-corrected chi connectivity index (χ4v) is 2.29. The van der Waals surface area contributed by atoms with Crippen molar-refractivity contribution in [3.8, 4) is 0 Å². The average molecular weight is 263 g/mol. The van der Waals surface area contributed by atoms with Gasteiger partial charge in [-0.2, -0.15) is 0 Å². The van der Waals surface area contributed by atoms with Crippen LogP contribution in [0.2, 0.25) is 0 Å². The van der Waals surface area contributed by atoms with Crippen LogP contribution in [0, 0.1) is 0 Å². The normalized spacial score (nSPS) is 15.4. The van der Waals surface area contributed by atoms with Gasteiger partial charge in [-0.3, -0.25) is 4.79 Å². The van der Waals surface area contributed by atoms with Crippen molar-refractivity contribution >= 4 is 18.5 Å². The first-order chi connectivity index (χ1) is 8.72. The molecule has 0 aliphatic carbocycles. The second-order valence-corrected chi connectivity index (χ2v) is 4.80. The first-order valence-corrected chi connectivity index (χ1v) is 6.41. The lowest BCUT2D eigenvalue weighted by Gasteiger charge is -2.26. The second-order valence-electron chi connectivity index (χ2n) is 4.31. The van der Waals surface area contributed by atoms with Crippen molar-refractivity contribution in [3.63, 3.8) is 0 Å². The highest BCUT2D eigenvalue weighted by Gasteiger charge is 2.19. The van der Waals surface area contributed by atoms with Crippen LogP contribution in [0.1, 0.15) is 16.8 Å². The molecule has 2 rings (SSSR count). The minimum atomic E-state index is 0.0494. The van der Waals surface area contributed by atoms with Crippen molar-refractivity contribution in [2.75, 3.05) is 26.8 Å². The van der Waals surface area contributed by atoms with E-state index in [1.165, 1.54) is 5.57 Å². The van der Waals surface area contributed by atoms with Crippen molar-refractivity contribution in [2.45, 2.75) is 11.3 Å². The Kier molecular flexibility index (Phi) is 4.44. The predicted octanol–water partition coefficient (Wildman–Crippen LogP) is 2.39. The summed E-state index contributed by atoms with van der Waals surface area (Å²) < 4.78 is 5.10. The van der Waals surface area contributed by atoms with Gasteiger partial charge < -0.3 is 9.64 Å². The van der Waals surface area contributed by atoms with E-state index >= 15 is 0 Å². The summed E-state index contributed by atoms with van der Waals surface area (Å²) >= 11 is 4.33. The summed E-state index contributed by atoms with van der Waals surface area (Å²) in [4.78, 5) is 14.9. The van der Waals surface area contributed by atoms with Gasteiger partial charge in [0.15, 0.2) is 0 Å². The first kappa shape index (κ1) is 13.2. The van der Waals surface area contributed by atoms with Crippen LogP contribution in [0.25, 0.3) is 0 Å². The van der Waals surface area contributed by atoms with E-state index in [-0.39, 0.29) is 5.91 Å². The number of hydrogen-bond acceptors (Lipinski definition) is 3. The van der Waals surface area contributed by atoms with Crippen molar-refractivity contribution in [3.05, 3.63) is 41.5 Å². The average Bonchev–Trinajstić information content (AvgIpc) is 2.40. The fourth-order valence-electron chi connectivity index (χ4n) is 2.04. The lowest BCUT2D eigenvalue weighted by molar-refractivity contribution is 0.0761. The van der Waals surface area contributed by atoms with E-state index < -0.39 is 0 Å². The molecule has 1 heterocycles. The van der Waals surface area contributed by atoms with E-state index in [1.807, 2.05) is 29.2 Å². The summed E-state index contributed by atoms with van der Waals surface area (Å²) in [5.41, 5.74) is 1.94. The molecule has 0 bridgehead atoms. The molecule has 3 nitrogen and oxygen atoms in total. The van der Waals surface area contributed by atoms with Gasteiger partial charge in [0, 0.05) is 25.1 Å². The lowest BCUT2D eigenvalue weighted by atomic mass is 10.1. The number of carbonyl (C=O) groups is 1. The third-order valence-electron chi connectivity index (χ3n) is 3.05. The summed E-state index contributed by atoms with van der Waals surface area (Å²) in [6.07, 6.45) is 2.96. The molecule has 0 fully saturated rings. The minimum Gasteiger partial charge on any atom is -0.380 e. The van der Waals surface area contributed by atoms with Crippen LogP contribution in [0.15, 0.2) is 40.8 Å². The Morgan fingerprint density at radius 3 is 2.83 bits per heavy atom. The third-order valence-corrected chi connectivity index (χ3v) is 3.44. The topological polar surface area (TPSA) is 29.5 Å². The number of hydrogen-bond donors (Lipinski definition) is 1. The van der Waals surface area contributed by atoms with E-state index in [2.05, 4.69) is 18.7 Å². The molecule has 0 unspecified atom stereocenters. The van der Waals surface area contributed by atoms with Crippen molar-refractivity contribution in [1.29, 1.82) is 0 Å². The maximum atomic E-state index is 12.3. The van der Waals surface area contributed by atoms with Gasteiger partial charge >= 0.3 is 0 Å². The van der Waals surface area contributed by atoms with Crippen molar-refractivity contribution in [1.82, 2.24) is 4.90 Å². The Morgan fingerprint density at radius 2 is 2.22 bits per heavy atom. The predicted molar refractivity (Wildman–Crippen MR) is 74.2 cm³/mol. The highest BCUT2D eigenvalue weighted by Crippen LogP contribution is 2.18. The number of nitrogens with zero attached hydrogens (tertiary/aromatic N) is 1. The Hall–Kier alpha value is -1.26. The molecule has 96 valence electrons. The zero-order chi connectivity index (χ0) is 13.0. The molecule has 1 aromatic carbocycles. The number of thiol groups is 1. The third kappa shape index (κ3) is 2.94.